The van der Waals surface area contributed by atoms with Crippen LogP contribution >= 0.6 is 0 Å². The van der Waals surface area contributed by atoms with Gasteiger partial charge in [0.05, 0.1) is 5.56 Å². The molecule has 2 heterocycles. The normalized spacial score (nSPS) is 13.4. The topological polar surface area (TPSA) is 53.4 Å². The van der Waals surface area contributed by atoms with E-state index < -0.39 is 5.97 Å². The number of aryl methyl sites for hydroxylation is 1. The van der Waals surface area contributed by atoms with Gasteiger partial charge >= 0.3 is 5.97 Å². The van der Waals surface area contributed by atoms with Crippen LogP contribution in [0.1, 0.15) is 27.2 Å². The number of pyridine rings is 1. The third kappa shape index (κ3) is 2.17. The van der Waals surface area contributed by atoms with E-state index in [1.54, 1.807) is 18.3 Å². The minimum atomic E-state index is -0.874. The standard InChI is InChI=1S/C15H14N2O2/c1-10-6-14(4-5-16-10)17-8-12-3-2-11(15(18)19)7-13(12)9-17/h2-7H,8-9H2,1H3,(H,18,19). The summed E-state index contributed by atoms with van der Waals surface area (Å²) < 4.78 is 0. The van der Waals surface area contributed by atoms with E-state index in [0.29, 0.717) is 5.56 Å². The summed E-state index contributed by atoms with van der Waals surface area (Å²) >= 11 is 0. The van der Waals surface area contributed by atoms with Crippen LogP contribution in [0, 0.1) is 6.92 Å². The summed E-state index contributed by atoms with van der Waals surface area (Å²) in [5.74, 6) is -0.874. The quantitative estimate of drug-likeness (QED) is 0.895. The zero-order valence-corrected chi connectivity index (χ0v) is 10.6. The zero-order chi connectivity index (χ0) is 13.4. The molecule has 19 heavy (non-hydrogen) atoms. The smallest absolute Gasteiger partial charge is 0.335 e. The highest BCUT2D eigenvalue weighted by Gasteiger charge is 2.20. The number of rotatable bonds is 2. The van der Waals surface area contributed by atoms with Crippen LogP contribution in [0.4, 0.5) is 5.69 Å². The molecule has 1 N–H and O–H groups in total. The van der Waals surface area contributed by atoms with Crippen LogP contribution in [0.3, 0.4) is 0 Å². The maximum atomic E-state index is 11.0. The molecular weight excluding hydrogens is 240 g/mol. The molecule has 2 aromatic rings. The molecule has 0 fully saturated rings. The lowest BCUT2D eigenvalue weighted by Crippen LogP contribution is -2.14. The van der Waals surface area contributed by atoms with Crippen LogP contribution in [-0.4, -0.2) is 16.1 Å². The molecule has 0 amide bonds. The lowest BCUT2D eigenvalue weighted by Gasteiger charge is -2.17. The summed E-state index contributed by atoms with van der Waals surface area (Å²) in [6.45, 7) is 3.54. The molecule has 0 saturated carbocycles. The van der Waals surface area contributed by atoms with Gasteiger partial charge in [-0.25, -0.2) is 4.79 Å². The molecule has 0 spiro atoms. The van der Waals surface area contributed by atoms with Gasteiger partial charge in [0.15, 0.2) is 0 Å². The van der Waals surface area contributed by atoms with Gasteiger partial charge in [0.25, 0.3) is 0 Å². The number of aromatic carboxylic acids is 1. The van der Waals surface area contributed by atoms with Gasteiger partial charge in [0, 0.05) is 30.7 Å². The van der Waals surface area contributed by atoms with E-state index in [-0.39, 0.29) is 0 Å². The van der Waals surface area contributed by atoms with E-state index in [4.69, 9.17) is 5.11 Å². The fourth-order valence-electron chi connectivity index (χ4n) is 2.44. The SMILES string of the molecule is Cc1cc(N2Cc3ccc(C(=O)O)cc3C2)ccn1. The van der Waals surface area contributed by atoms with Gasteiger partial charge in [-0.05, 0) is 42.3 Å². The summed E-state index contributed by atoms with van der Waals surface area (Å²) in [6, 6.07) is 9.38. The fourth-order valence-corrected chi connectivity index (χ4v) is 2.44. The molecule has 1 aromatic carbocycles. The number of carboxylic acids is 1. The van der Waals surface area contributed by atoms with Crippen molar-refractivity contribution in [2.24, 2.45) is 0 Å². The van der Waals surface area contributed by atoms with Gasteiger partial charge in [-0.1, -0.05) is 6.07 Å². The van der Waals surface area contributed by atoms with Crippen molar-refractivity contribution in [2.45, 2.75) is 20.0 Å². The Morgan fingerprint density at radius 3 is 2.74 bits per heavy atom. The van der Waals surface area contributed by atoms with E-state index in [0.717, 1.165) is 30.0 Å². The van der Waals surface area contributed by atoms with E-state index in [1.807, 2.05) is 25.1 Å². The maximum absolute atomic E-state index is 11.0. The molecule has 1 aliphatic rings. The van der Waals surface area contributed by atoms with Crippen LogP contribution in [0.15, 0.2) is 36.5 Å². The van der Waals surface area contributed by atoms with E-state index in [9.17, 15) is 4.79 Å². The number of hydrogen-bond donors (Lipinski definition) is 1. The first-order valence-corrected chi connectivity index (χ1v) is 6.16. The summed E-state index contributed by atoms with van der Waals surface area (Å²) in [5, 5.41) is 9.01. The van der Waals surface area contributed by atoms with Crippen LogP contribution in [0.5, 0.6) is 0 Å². The van der Waals surface area contributed by atoms with Crippen molar-refractivity contribution in [2.75, 3.05) is 4.90 Å². The number of carbonyl (C=O) groups is 1. The van der Waals surface area contributed by atoms with E-state index >= 15 is 0 Å². The van der Waals surface area contributed by atoms with Crippen LogP contribution in [0.2, 0.25) is 0 Å². The lowest BCUT2D eigenvalue weighted by atomic mass is 10.1. The monoisotopic (exact) mass is 254 g/mol. The van der Waals surface area contributed by atoms with Crippen molar-refractivity contribution < 1.29 is 9.90 Å². The highest BCUT2D eigenvalue weighted by atomic mass is 16.4. The first-order valence-electron chi connectivity index (χ1n) is 6.16. The molecule has 0 atom stereocenters. The van der Waals surface area contributed by atoms with Crippen LogP contribution in [-0.2, 0) is 13.1 Å². The number of hydrogen-bond acceptors (Lipinski definition) is 3. The summed E-state index contributed by atoms with van der Waals surface area (Å²) in [4.78, 5) is 17.4. The summed E-state index contributed by atoms with van der Waals surface area (Å²) in [7, 11) is 0. The van der Waals surface area contributed by atoms with Crippen LogP contribution < -0.4 is 4.90 Å². The van der Waals surface area contributed by atoms with Crippen molar-refractivity contribution in [3.63, 3.8) is 0 Å². The molecule has 0 radical (unpaired) electrons. The second-order valence-corrected chi connectivity index (χ2v) is 4.80. The van der Waals surface area contributed by atoms with E-state index in [2.05, 4.69) is 9.88 Å². The fraction of sp³-hybridized carbons (Fsp3) is 0.200. The molecule has 0 saturated heterocycles. The number of carboxylic acid groups (broad SMARTS) is 1. The Hall–Kier alpha value is -2.36. The Morgan fingerprint density at radius 2 is 2.00 bits per heavy atom. The van der Waals surface area contributed by atoms with E-state index in [1.165, 1.54) is 5.56 Å². The van der Waals surface area contributed by atoms with Crippen molar-refractivity contribution in [1.29, 1.82) is 0 Å². The number of nitrogens with zero attached hydrogens (tertiary/aromatic N) is 2. The molecule has 0 bridgehead atoms. The minimum Gasteiger partial charge on any atom is -0.478 e. The third-order valence-corrected chi connectivity index (χ3v) is 3.42. The molecular formula is C15H14N2O2. The first-order chi connectivity index (χ1) is 9.13. The Labute approximate surface area is 111 Å². The van der Waals surface area contributed by atoms with Gasteiger partial charge in [-0.2, -0.15) is 0 Å². The van der Waals surface area contributed by atoms with Crippen molar-refractivity contribution >= 4 is 11.7 Å². The number of aromatic nitrogens is 1. The van der Waals surface area contributed by atoms with Gasteiger partial charge in [-0.3, -0.25) is 4.98 Å². The predicted molar refractivity (Wildman–Crippen MR) is 72.3 cm³/mol. The van der Waals surface area contributed by atoms with Crippen molar-refractivity contribution in [1.82, 2.24) is 4.98 Å². The summed E-state index contributed by atoms with van der Waals surface area (Å²) in [6.07, 6.45) is 1.80. The molecule has 3 rings (SSSR count). The Morgan fingerprint density at radius 1 is 1.21 bits per heavy atom. The predicted octanol–water partition coefficient (Wildman–Crippen LogP) is 2.61. The number of benzene rings is 1. The Balaban J connectivity index is 1.90. The number of fused-ring (bicyclic) bond motifs is 1. The van der Waals surface area contributed by atoms with Gasteiger partial charge in [-0.15, -0.1) is 0 Å². The second kappa shape index (κ2) is 4.39. The third-order valence-electron chi connectivity index (χ3n) is 3.42. The molecule has 0 aliphatic carbocycles. The van der Waals surface area contributed by atoms with Gasteiger partial charge < -0.3 is 10.0 Å². The lowest BCUT2D eigenvalue weighted by molar-refractivity contribution is 0.0697. The molecule has 4 heteroatoms. The highest BCUT2D eigenvalue weighted by molar-refractivity contribution is 5.88. The largest absolute Gasteiger partial charge is 0.478 e. The van der Waals surface area contributed by atoms with Crippen molar-refractivity contribution in [3.05, 3.63) is 58.9 Å². The average molecular weight is 254 g/mol. The minimum absolute atomic E-state index is 0.353. The molecule has 96 valence electrons. The molecule has 0 unspecified atom stereocenters. The Bertz CT molecular complexity index is 652. The molecule has 4 nitrogen and oxygen atoms in total. The average Bonchev–Trinajstić information content (AvgIpc) is 2.81. The summed E-state index contributed by atoms with van der Waals surface area (Å²) in [5.41, 5.74) is 4.75. The number of anilines is 1. The van der Waals surface area contributed by atoms with Crippen molar-refractivity contribution in [3.8, 4) is 0 Å². The van der Waals surface area contributed by atoms with Crippen LogP contribution in [0.25, 0.3) is 0 Å². The highest BCUT2D eigenvalue weighted by Crippen LogP contribution is 2.28. The van der Waals surface area contributed by atoms with Gasteiger partial charge in [0.1, 0.15) is 0 Å². The zero-order valence-electron chi connectivity index (χ0n) is 10.6. The maximum Gasteiger partial charge on any atom is 0.335 e. The first kappa shape index (κ1) is 11.7. The Kier molecular flexibility index (Phi) is 2.71. The second-order valence-electron chi connectivity index (χ2n) is 4.80. The van der Waals surface area contributed by atoms with Gasteiger partial charge in [0.2, 0.25) is 0 Å². The molecule has 1 aromatic heterocycles. The molecule has 1 aliphatic heterocycles.